The molecule has 2 aromatic rings. The van der Waals surface area contributed by atoms with E-state index >= 15 is 0 Å². The van der Waals surface area contributed by atoms with Crippen LogP contribution in [0.3, 0.4) is 0 Å². The summed E-state index contributed by atoms with van der Waals surface area (Å²) in [5.41, 5.74) is -0.509. The van der Waals surface area contributed by atoms with Crippen molar-refractivity contribution in [2.75, 3.05) is 40.0 Å². The molecule has 1 amide bonds. The van der Waals surface area contributed by atoms with E-state index in [-0.39, 0.29) is 29.2 Å². The molecule has 3 rings (SSSR count). The molecule has 0 aliphatic carbocycles. The summed E-state index contributed by atoms with van der Waals surface area (Å²) in [4.78, 5) is 47.5. The second-order valence-electron chi connectivity index (χ2n) is 8.55. The summed E-state index contributed by atoms with van der Waals surface area (Å²) in [6, 6.07) is 7.72. The van der Waals surface area contributed by atoms with Crippen LogP contribution in [-0.2, 0) is 9.47 Å². The molecule has 0 bridgehead atoms. The third-order valence-corrected chi connectivity index (χ3v) is 4.49. The summed E-state index contributed by atoms with van der Waals surface area (Å²) in [6.45, 7) is 7.13. The Bertz CT molecular complexity index is 1030. The lowest BCUT2D eigenvalue weighted by atomic mass is 9.99. The summed E-state index contributed by atoms with van der Waals surface area (Å²) in [5.74, 6) is -2.27. The topological polar surface area (TPSA) is 126 Å². The zero-order valence-corrected chi connectivity index (χ0v) is 19.5. The molecule has 0 unspecified atom stereocenters. The van der Waals surface area contributed by atoms with Gasteiger partial charge in [0.2, 0.25) is 11.4 Å². The van der Waals surface area contributed by atoms with Crippen molar-refractivity contribution in [3.63, 3.8) is 0 Å². The summed E-state index contributed by atoms with van der Waals surface area (Å²) < 4.78 is 26.5. The number of esters is 2. The van der Waals surface area contributed by atoms with Gasteiger partial charge in [0.15, 0.2) is 0 Å². The van der Waals surface area contributed by atoms with Crippen molar-refractivity contribution >= 4 is 18.0 Å². The van der Waals surface area contributed by atoms with Gasteiger partial charge in [-0.1, -0.05) is 39.0 Å². The lowest BCUT2D eigenvalue weighted by Gasteiger charge is -2.25. The van der Waals surface area contributed by atoms with Crippen LogP contribution >= 0.6 is 0 Å². The van der Waals surface area contributed by atoms with E-state index in [2.05, 4.69) is 9.97 Å². The normalized spacial score (nSPS) is 13.7. The van der Waals surface area contributed by atoms with Crippen molar-refractivity contribution in [3.8, 4) is 17.6 Å². The first-order chi connectivity index (χ1) is 16.2. The van der Waals surface area contributed by atoms with E-state index in [9.17, 15) is 14.4 Å². The van der Waals surface area contributed by atoms with Gasteiger partial charge in [-0.15, -0.1) is 0 Å². The molecule has 0 spiro atoms. The maximum atomic E-state index is 12.9. The second kappa shape index (κ2) is 10.9. The van der Waals surface area contributed by atoms with Crippen LogP contribution in [0.1, 0.15) is 41.6 Å². The van der Waals surface area contributed by atoms with E-state index in [1.54, 1.807) is 30.3 Å². The van der Waals surface area contributed by atoms with Gasteiger partial charge in [-0.25, -0.2) is 14.4 Å². The first kappa shape index (κ1) is 24.9. The number of hydrogen-bond donors (Lipinski definition) is 0. The molecule has 1 aromatic carbocycles. The molecule has 182 valence electrons. The third kappa shape index (κ3) is 6.64. The van der Waals surface area contributed by atoms with Gasteiger partial charge in [0.05, 0.1) is 32.5 Å². The zero-order valence-electron chi connectivity index (χ0n) is 19.5. The molecular weight excluding hydrogens is 446 g/mol. The van der Waals surface area contributed by atoms with Crippen molar-refractivity contribution in [2.24, 2.45) is 5.41 Å². The van der Waals surface area contributed by atoms with Gasteiger partial charge in [-0.05, 0) is 17.5 Å². The molecule has 1 saturated heterocycles. The first-order valence-corrected chi connectivity index (χ1v) is 10.6. The maximum absolute atomic E-state index is 12.9. The molecule has 1 aromatic heterocycles. The Morgan fingerprint density at radius 2 is 1.68 bits per heavy atom. The number of aromatic nitrogens is 2. The van der Waals surface area contributed by atoms with Crippen LogP contribution in [0, 0.1) is 5.41 Å². The average molecular weight is 473 g/mol. The number of carbonyl (C=O) groups excluding carboxylic acids is 3. The fourth-order valence-corrected chi connectivity index (χ4v) is 2.79. The number of amides is 1. The number of ether oxygens (including phenoxy) is 5. The Labute approximate surface area is 196 Å². The van der Waals surface area contributed by atoms with Crippen LogP contribution in [0.15, 0.2) is 30.3 Å². The summed E-state index contributed by atoms with van der Waals surface area (Å²) >= 11 is 0. The van der Waals surface area contributed by atoms with E-state index in [1.807, 2.05) is 20.8 Å². The van der Waals surface area contributed by atoms with Crippen LogP contribution in [0.2, 0.25) is 0 Å². The van der Waals surface area contributed by atoms with Crippen LogP contribution in [0.5, 0.6) is 17.6 Å². The maximum Gasteiger partial charge on any atom is 0.417 e. The predicted molar refractivity (Wildman–Crippen MR) is 118 cm³/mol. The summed E-state index contributed by atoms with van der Waals surface area (Å²) in [5, 5.41) is 0. The third-order valence-electron chi connectivity index (χ3n) is 4.49. The molecule has 11 nitrogen and oxygen atoms in total. The fraction of sp³-hybridized carbons (Fsp3) is 0.435. The second-order valence-corrected chi connectivity index (χ2v) is 8.55. The minimum absolute atomic E-state index is 0.0626. The van der Waals surface area contributed by atoms with Gasteiger partial charge >= 0.3 is 24.0 Å². The minimum atomic E-state index is -0.893. The molecule has 1 fully saturated rings. The van der Waals surface area contributed by atoms with Crippen molar-refractivity contribution in [1.29, 1.82) is 0 Å². The van der Waals surface area contributed by atoms with Gasteiger partial charge in [0.1, 0.15) is 0 Å². The summed E-state index contributed by atoms with van der Waals surface area (Å²) in [7, 11) is 1.26. The Morgan fingerprint density at radius 3 is 2.29 bits per heavy atom. The van der Waals surface area contributed by atoms with Crippen LogP contribution in [0.4, 0.5) is 4.79 Å². The molecule has 0 radical (unpaired) electrons. The largest absolute Gasteiger partial charge is 0.478 e. The molecule has 0 saturated carbocycles. The number of carbonyl (C=O) groups is 3. The van der Waals surface area contributed by atoms with Crippen LogP contribution < -0.4 is 14.2 Å². The molecule has 34 heavy (non-hydrogen) atoms. The lowest BCUT2D eigenvalue weighted by molar-refractivity contribution is 0.0347. The highest BCUT2D eigenvalue weighted by molar-refractivity contribution is 5.95. The highest BCUT2D eigenvalue weighted by atomic mass is 16.6. The van der Waals surface area contributed by atoms with Gasteiger partial charge < -0.3 is 28.6 Å². The monoisotopic (exact) mass is 473 g/mol. The SMILES string of the molecule is COc1nc(OC(=O)N2CCOCC2)nc(C(=O)OCC(C)(C)C)c1OC(=O)c1ccccc1. The molecule has 1 aliphatic heterocycles. The standard InChI is InChI=1S/C23H27N3O8/c1-23(2,3)14-32-20(28)16-17(33-19(27)15-8-6-5-7-9-15)18(30-4)25-21(24-16)34-22(29)26-10-12-31-13-11-26/h5-9H,10-14H2,1-4H3. The minimum Gasteiger partial charge on any atom is -0.478 e. The van der Waals surface area contributed by atoms with Crippen molar-refractivity contribution in [3.05, 3.63) is 41.6 Å². The molecular formula is C23H27N3O8. The Balaban J connectivity index is 1.94. The average Bonchev–Trinajstić information content (AvgIpc) is 2.83. The van der Waals surface area contributed by atoms with Crippen LogP contribution in [-0.4, -0.2) is 72.9 Å². The number of nitrogens with zero attached hydrogens (tertiary/aromatic N) is 3. The zero-order chi connectivity index (χ0) is 24.7. The molecule has 2 heterocycles. The Hall–Kier alpha value is -3.73. The highest BCUT2D eigenvalue weighted by Gasteiger charge is 2.29. The number of methoxy groups -OCH3 is 1. The number of morpholine rings is 1. The van der Waals surface area contributed by atoms with Crippen molar-refractivity contribution in [1.82, 2.24) is 14.9 Å². The number of rotatable bonds is 6. The molecule has 11 heteroatoms. The van der Waals surface area contributed by atoms with E-state index in [1.165, 1.54) is 12.0 Å². The van der Waals surface area contributed by atoms with E-state index in [0.717, 1.165) is 0 Å². The predicted octanol–water partition coefficient (Wildman–Crippen LogP) is 2.74. The van der Waals surface area contributed by atoms with E-state index in [4.69, 9.17) is 23.7 Å². The molecule has 0 atom stereocenters. The number of benzene rings is 1. The molecule has 0 N–H and O–H groups in total. The lowest BCUT2D eigenvalue weighted by Crippen LogP contribution is -2.42. The van der Waals surface area contributed by atoms with Crippen molar-refractivity contribution < 1.29 is 38.1 Å². The summed E-state index contributed by atoms with van der Waals surface area (Å²) in [6.07, 6.45) is -0.714. The smallest absolute Gasteiger partial charge is 0.417 e. The van der Waals surface area contributed by atoms with Crippen molar-refractivity contribution in [2.45, 2.75) is 20.8 Å². The Kier molecular flexibility index (Phi) is 8.00. The Morgan fingerprint density at radius 1 is 1.00 bits per heavy atom. The first-order valence-electron chi connectivity index (χ1n) is 10.6. The highest BCUT2D eigenvalue weighted by Crippen LogP contribution is 2.32. The van der Waals surface area contributed by atoms with Crippen LogP contribution in [0.25, 0.3) is 0 Å². The molecule has 1 aliphatic rings. The van der Waals surface area contributed by atoms with Gasteiger partial charge in [-0.3, -0.25) is 0 Å². The number of hydrogen-bond acceptors (Lipinski definition) is 10. The fourth-order valence-electron chi connectivity index (χ4n) is 2.79. The van der Waals surface area contributed by atoms with Gasteiger partial charge in [-0.2, -0.15) is 9.97 Å². The van der Waals surface area contributed by atoms with Gasteiger partial charge in [0.25, 0.3) is 5.88 Å². The van der Waals surface area contributed by atoms with Gasteiger partial charge in [0, 0.05) is 13.1 Å². The van der Waals surface area contributed by atoms with E-state index < -0.39 is 29.7 Å². The quantitative estimate of drug-likeness (QED) is 0.578. The van der Waals surface area contributed by atoms with E-state index in [0.29, 0.717) is 26.3 Å².